The van der Waals surface area contributed by atoms with Crippen LogP contribution in [0.25, 0.3) is 32.0 Å². The van der Waals surface area contributed by atoms with Crippen LogP contribution in [0.3, 0.4) is 0 Å². The number of morpholine rings is 1. The van der Waals surface area contributed by atoms with Crippen LogP contribution in [0.2, 0.25) is 0 Å². The molecule has 9 heteroatoms. The lowest BCUT2D eigenvalue weighted by Crippen LogP contribution is -2.36. The highest BCUT2D eigenvalue weighted by atomic mass is 32.1. The van der Waals surface area contributed by atoms with Crippen molar-refractivity contribution in [1.82, 2.24) is 15.0 Å². The van der Waals surface area contributed by atoms with Crippen LogP contribution in [0.1, 0.15) is 6.92 Å². The zero-order chi connectivity index (χ0) is 22.1. The molecule has 0 aliphatic carbocycles. The Kier molecular flexibility index (Phi) is 5.42. The van der Waals surface area contributed by atoms with Crippen LogP contribution in [0.4, 0.5) is 17.3 Å². The van der Waals surface area contributed by atoms with Crippen molar-refractivity contribution in [2.24, 2.45) is 0 Å². The summed E-state index contributed by atoms with van der Waals surface area (Å²) in [7, 11) is 0. The number of nitrogens with one attached hydrogen (secondary N) is 1. The number of hydrogen-bond donors (Lipinski definition) is 2. The second kappa shape index (κ2) is 8.52. The van der Waals surface area contributed by atoms with E-state index in [1.807, 2.05) is 30.3 Å². The molecule has 1 amide bonds. The molecule has 0 bridgehead atoms. The number of ether oxygens (including phenoxy) is 1. The van der Waals surface area contributed by atoms with Gasteiger partial charge in [0.1, 0.15) is 5.82 Å². The number of nitrogens with zero attached hydrogens (tertiary/aromatic N) is 4. The molecular formula is C23H22N6O2S. The maximum atomic E-state index is 11.5. The van der Waals surface area contributed by atoms with Crippen LogP contribution in [0, 0.1) is 0 Å². The Bertz CT molecular complexity index is 1280. The van der Waals surface area contributed by atoms with Crippen molar-refractivity contribution in [3.63, 3.8) is 0 Å². The largest absolute Gasteiger partial charge is 0.384 e. The fraction of sp³-hybridized carbons (Fsp3) is 0.217. The number of nitrogen functional groups attached to an aromatic ring is 1. The van der Waals surface area contributed by atoms with Gasteiger partial charge in [0, 0.05) is 42.3 Å². The lowest BCUT2D eigenvalue weighted by molar-refractivity contribution is -0.114. The van der Waals surface area contributed by atoms with Gasteiger partial charge in [-0.25, -0.2) is 15.0 Å². The maximum absolute atomic E-state index is 11.5. The van der Waals surface area contributed by atoms with Crippen molar-refractivity contribution in [3.8, 4) is 21.8 Å². The smallest absolute Gasteiger partial charge is 0.221 e. The summed E-state index contributed by atoms with van der Waals surface area (Å²) in [6.07, 6.45) is 1.70. The number of nitrogens with two attached hydrogens (primary N) is 1. The number of aromatic nitrogens is 3. The second-order valence-corrected chi connectivity index (χ2v) is 8.58. The van der Waals surface area contributed by atoms with Crippen molar-refractivity contribution in [2.45, 2.75) is 6.92 Å². The van der Waals surface area contributed by atoms with Crippen LogP contribution in [-0.2, 0) is 9.53 Å². The van der Waals surface area contributed by atoms with E-state index in [0.29, 0.717) is 24.9 Å². The standard InChI is InChI=1S/C23H22N6O2S/c1-14(30)26-17-4-2-3-15(11-17)19-12-18-21(32-19)23(29-7-9-31-10-8-29)28-22(27-18)16-5-6-20(24)25-13-16/h2-6,11-13H,7-10H2,1H3,(H2,24,25)(H,26,30). The molecule has 162 valence electrons. The van der Waals surface area contributed by atoms with Gasteiger partial charge in [-0.1, -0.05) is 12.1 Å². The third-order valence-electron chi connectivity index (χ3n) is 5.18. The van der Waals surface area contributed by atoms with Crippen LogP contribution in [0.5, 0.6) is 0 Å². The molecule has 0 unspecified atom stereocenters. The summed E-state index contributed by atoms with van der Waals surface area (Å²) in [4.78, 5) is 28.7. The van der Waals surface area contributed by atoms with Crippen LogP contribution >= 0.6 is 11.3 Å². The van der Waals surface area contributed by atoms with Gasteiger partial charge in [-0.2, -0.15) is 0 Å². The van der Waals surface area contributed by atoms with Crippen LogP contribution < -0.4 is 16.0 Å². The van der Waals surface area contributed by atoms with E-state index in [1.165, 1.54) is 6.92 Å². The van der Waals surface area contributed by atoms with E-state index in [1.54, 1.807) is 23.6 Å². The van der Waals surface area contributed by atoms with Crippen LogP contribution in [-0.4, -0.2) is 47.2 Å². The zero-order valence-corrected chi connectivity index (χ0v) is 18.4. The Morgan fingerprint density at radius 3 is 2.72 bits per heavy atom. The molecule has 0 spiro atoms. The Balaban J connectivity index is 1.63. The van der Waals surface area contributed by atoms with Crippen molar-refractivity contribution in [3.05, 3.63) is 48.7 Å². The summed E-state index contributed by atoms with van der Waals surface area (Å²) in [5, 5.41) is 2.85. The first kappa shape index (κ1) is 20.3. The molecule has 3 aromatic heterocycles. The lowest BCUT2D eigenvalue weighted by atomic mass is 10.1. The first-order chi connectivity index (χ1) is 15.6. The van der Waals surface area contributed by atoms with Crippen molar-refractivity contribution < 1.29 is 9.53 Å². The van der Waals surface area contributed by atoms with E-state index in [0.717, 1.165) is 50.8 Å². The van der Waals surface area contributed by atoms with E-state index < -0.39 is 0 Å². The minimum Gasteiger partial charge on any atom is -0.384 e. The number of carbonyl (C=O) groups is 1. The van der Waals surface area contributed by atoms with E-state index in [9.17, 15) is 4.79 Å². The molecule has 0 saturated carbocycles. The summed E-state index contributed by atoms with van der Waals surface area (Å²) >= 11 is 1.65. The number of thiophene rings is 1. The third kappa shape index (κ3) is 4.12. The quantitative estimate of drug-likeness (QED) is 0.491. The average Bonchev–Trinajstić information content (AvgIpc) is 3.24. The number of anilines is 3. The molecule has 4 aromatic rings. The highest BCUT2D eigenvalue weighted by Crippen LogP contribution is 2.39. The van der Waals surface area contributed by atoms with E-state index in [4.69, 9.17) is 20.4 Å². The molecule has 1 aliphatic heterocycles. The number of carbonyl (C=O) groups excluding carboxylic acids is 1. The highest BCUT2D eigenvalue weighted by molar-refractivity contribution is 7.22. The molecule has 32 heavy (non-hydrogen) atoms. The maximum Gasteiger partial charge on any atom is 0.221 e. The van der Waals surface area contributed by atoms with Gasteiger partial charge in [0.2, 0.25) is 5.91 Å². The summed E-state index contributed by atoms with van der Waals surface area (Å²) < 4.78 is 6.57. The van der Waals surface area contributed by atoms with Gasteiger partial charge >= 0.3 is 0 Å². The number of benzene rings is 1. The van der Waals surface area contributed by atoms with Crippen molar-refractivity contribution in [1.29, 1.82) is 0 Å². The molecule has 5 rings (SSSR count). The minimum absolute atomic E-state index is 0.0966. The lowest BCUT2D eigenvalue weighted by Gasteiger charge is -2.28. The highest BCUT2D eigenvalue weighted by Gasteiger charge is 2.20. The summed E-state index contributed by atoms with van der Waals surface area (Å²) in [5.74, 6) is 1.88. The molecule has 0 radical (unpaired) electrons. The van der Waals surface area contributed by atoms with Crippen LogP contribution in [0.15, 0.2) is 48.7 Å². The minimum atomic E-state index is -0.0966. The molecule has 1 saturated heterocycles. The number of fused-ring (bicyclic) bond motifs is 1. The predicted octanol–water partition coefficient (Wildman–Crippen LogP) is 3.80. The second-order valence-electron chi connectivity index (χ2n) is 7.53. The topological polar surface area (TPSA) is 106 Å². The SMILES string of the molecule is CC(=O)Nc1cccc(-c2cc3nc(-c4ccc(N)nc4)nc(N4CCOCC4)c3s2)c1. The Hall–Kier alpha value is -3.56. The Morgan fingerprint density at radius 1 is 1.12 bits per heavy atom. The fourth-order valence-corrected chi connectivity index (χ4v) is 4.78. The number of pyridine rings is 1. The molecule has 1 aliphatic rings. The van der Waals surface area contributed by atoms with Gasteiger partial charge < -0.3 is 20.7 Å². The summed E-state index contributed by atoms with van der Waals surface area (Å²) in [6.45, 7) is 4.39. The normalized spacial score (nSPS) is 14.0. The number of amides is 1. The fourth-order valence-electron chi connectivity index (χ4n) is 3.67. The molecule has 1 fully saturated rings. The molecule has 1 aromatic carbocycles. The van der Waals surface area contributed by atoms with Gasteiger partial charge in [-0.3, -0.25) is 4.79 Å². The zero-order valence-electron chi connectivity index (χ0n) is 17.5. The average molecular weight is 447 g/mol. The molecule has 0 atom stereocenters. The van der Waals surface area contributed by atoms with Gasteiger partial charge in [-0.15, -0.1) is 11.3 Å². The number of hydrogen-bond acceptors (Lipinski definition) is 8. The first-order valence-corrected chi connectivity index (χ1v) is 11.1. The summed E-state index contributed by atoms with van der Waals surface area (Å²) in [5.41, 5.74) is 9.22. The Morgan fingerprint density at radius 2 is 1.97 bits per heavy atom. The van der Waals surface area contributed by atoms with Crippen molar-refractivity contribution >= 4 is 44.8 Å². The molecule has 4 heterocycles. The Labute approximate surface area is 189 Å². The van der Waals surface area contributed by atoms with Gasteiger partial charge in [0.05, 0.1) is 23.4 Å². The first-order valence-electron chi connectivity index (χ1n) is 10.3. The van der Waals surface area contributed by atoms with Gasteiger partial charge in [0.25, 0.3) is 0 Å². The van der Waals surface area contributed by atoms with E-state index in [-0.39, 0.29) is 5.91 Å². The third-order valence-corrected chi connectivity index (χ3v) is 6.35. The predicted molar refractivity (Wildman–Crippen MR) is 128 cm³/mol. The van der Waals surface area contributed by atoms with Crippen molar-refractivity contribution in [2.75, 3.05) is 42.3 Å². The molecular weight excluding hydrogens is 424 g/mol. The molecule has 8 nitrogen and oxygen atoms in total. The molecule has 3 N–H and O–H groups in total. The van der Waals surface area contributed by atoms with Gasteiger partial charge in [0.15, 0.2) is 11.6 Å². The van der Waals surface area contributed by atoms with Gasteiger partial charge in [-0.05, 0) is 35.9 Å². The monoisotopic (exact) mass is 446 g/mol. The number of rotatable bonds is 4. The summed E-state index contributed by atoms with van der Waals surface area (Å²) in [6, 6.07) is 13.5. The van der Waals surface area contributed by atoms with E-state index >= 15 is 0 Å². The van der Waals surface area contributed by atoms with E-state index in [2.05, 4.69) is 21.3 Å².